The lowest BCUT2D eigenvalue weighted by atomic mass is 9.82. The number of nitrogens with two attached hydrogens (primary N) is 1. The molecule has 1 amide bonds. The summed E-state index contributed by atoms with van der Waals surface area (Å²) >= 11 is 0. The van der Waals surface area contributed by atoms with Gasteiger partial charge in [-0.05, 0) is 41.4 Å². The Hall–Kier alpha value is -1.40. The molecule has 0 heterocycles. The molecule has 0 aromatic heterocycles. The minimum absolute atomic E-state index is 0.0511. The Kier molecular flexibility index (Phi) is 7.24. The maximum Gasteiger partial charge on any atom is 0.404 e. The van der Waals surface area contributed by atoms with E-state index in [4.69, 9.17) is 10.5 Å². The molecule has 1 aromatic carbocycles. The van der Waals surface area contributed by atoms with E-state index in [1.807, 2.05) is 18.2 Å². The molecule has 26 heavy (non-hydrogen) atoms. The molecule has 3 N–H and O–H groups in total. The molecule has 1 aromatic rings. The summed E-state index contributed by atoms with van der Waals surface area (Å²) in [5.41, 5.74) is 6.40. The third kappa shape index (κ3) is 5.55. The largest absolute Gasteiger partial charge is 0.450 e. The molecule has 0 saturated heterocycles. The Morgan fingerprint density at radius 3 is 2.58 bits per heavy atom. The van der Waals surface area contributed by atoms with Crippen molar-refractivity contribution < 1.29 is 18.8 Å². The van der Waals surface area contributed by atoms with Crippen LogP contribution in [0.2, 0.25) is 0 Å². The number of amides is 1. The molecule has 0 bridgehead atoms. The van der Waals surface area contributed by atoms with E-state index in [0.29, 0.717) is 11.7 Å². The SMILES string of the molecule is CC(C)(C)c1c(C(O)CCOC(N)=O)cccc1S(=O)CC1CCCC1. The number of carbonyl (C=O) groups excluding carboxylic acids is 1. The van der Waals surface area contributed by atoms with Crippen molar-refractivity contribution in [3.8, 4) is 0 Å². The summed E-state index contributed by atoms with van der Waals surface area (Å²) < 4.78 is 17.8. The second-order valence-electron chi connectivity index (χ2n) is 8.11. The predicted molar refractivity (Wildman–Crippen MR) is 103 cm³/mol. The molecule has 1 fully saturated rings. The van der Waals surface area contributed by atoms with Gasteiger partial charge in [0.05, 0.1) is 23.5 Å². The topological polar surface area (TPSA) is 89.6 Å². The lowest BCUT2D eigenvalue weighted by molar-refractivity contribution is 0.110. The number of aliphatic hydroxyl groups is 1. The zero-order chi connectivity index (χ0) is 19.3. The standard InChI is InChI=1S/C20H31NO4S/c1-20(2,3)18-15(16(22)11-12-25-19(21)23)9-6-10-17(18)26(24)13-14-7-4-5-8-14/h6,9-10,14,16,22H,4-5,7-8,11-13H2,1-3H3,(H2,21,23). The van der Waals surface area contributed by atoms with E-state index < -0.39 is 23.0 Å². The maximum atomic E-state index is 13.1. The van der Waals surface area contributed by atoms with Crippen LogP contribution >= 0.6 is 0 Å². The highest BCUT2D eigenvalue weighted by Crippen LogP contribution is 2.36. The Balaban J connectivity index is 2.27. The summed E-state index contributed by atoms with van der Waals surface area (Å²) in [6.07, 6.45) is 3.38. The Morgan fingerprint density at radius 1 is 1.35 bits per heavy atom. The molecule has 1 saturated carbocycles. The molecule has 2 unspecified atom stereocenters. The fourth-order valence-corrected chi connectivity index (χ4v) is 5.55. The normalized spacial score (nSPS) is 17.8. The van der Waals surface area contributed by atoms with Crippen molar-refractivity contribution >= 4 is 16.9 Å². The first-order valence-electron chi connectivity index (χ1n) is 9.32. The highest BCUT2D eigenvalue weighted by atomic mass is 32.2. The monoisotopic (exact) mass is 381 g/mol. The summed E-state index contributed by atoms with van der Waals surface area (Å²) in [7, 11) is -1.09. The predicted octanol–water partition coefficient (Wildman–Crippen LogP) is 3.80. The van der Waals surface area contributed by atoms with E-state index in [2.05, 4.69) is 20.8 Å². The smallest absolute Gasteiger partial charge is 0.404 e. The summed E-state index contributed by atoms with van der Waals surface area (Å²) in [4.78, 5) is 11.5. The molecule has 0 radical (unpaired) electrons. The second-order valence-corrected chi connectivity index (χ2v) is 9.57. The van der Waals surface area contributed by atoms with Crippen LogP contribution in [-0.2, 0) is 21.0 Å². The first-order chi connectivity index (χ1) is 12.2. The highest BCUT2D eigenvalue weighted by molar-refractivity contribution is 7.85. The first kappa shape index (κ1) is 20.9. The molecule has 1 aliphatic carbocycles. The van der Waals surface area contributed by atoms with Crippen LogP contribution in [0.4, 0.5) is 4.79 Å². The molecule has 2 rings (SSSR count). The number of hydrogen-bond donors (Lipinski definition) is 2. The minimum atomic E-state index is -1.09. The van der Waals surface area contributed by atoms with Gasteiger partial charge < -0.3 is 15.6 Å². The van der Waals surface area contributed by atoms with Gasteiger partial charge in [-0.3, -0.25) is 4.21 Å². The van der Waals surface area contributed by atoms with Crippen LogP contribution in [0.5, 0.6) is 0 Å². The highest BCUT2D eigenvalue weighted by Gasteiger charge is 2.28. The average Bonchev–Trinajstić information content (AvgIpc) is 3.05. The lowest BCUT2D eigenvalue weighted by Gasteiger charge is -2.28. The van der Waals surface area contributed by atoms with Crippen LogP contribution in [0.1, 0.15) is 70.1 Å². The van der Waals surface area contributed by atoms with Crippen molar-refractivity contribution in [2.45, 2.75) is 69.3 Å². The third-order valence-corrected chi connectivity index (χ3v) is 6.52. The van der Waals surface area contributed by atoms with Gasteiger partial charge in [0.15, 0.2) is 0 Å². The average molecular weight is 382 g/mol. The summed E-state index contributed by atoms with van der Waals surface area (Å²) in [5.74, 6) is 1.22. The van der Waals surface area contributed by atoms with Crippen molar-refractivity contribution in [2.24, 2.45) is 11.7 Å². The molecule has 2 atom stereocenters. The summed E-state index contributed by atoms with van der Waals surface area (Å²) in [6.45, 7) is 6.24. The molecular weight excluding hydrogens is 350 g/mol. The van der Waals surface area contributed by atoms with Gasteiger partial charge in [0.2, 0.25) is 0 Å². The van der Waals surface area contributed by atoms with Crippen molar-refractivity contribution in [3.63, 3.8) is 0 Å². The van der Waals surface area contributed by atoms with Gasteiger partial charge in [0, 0.05) is 17.1 Å². The zero-order valence-corrected chi connectivity index (χ0v) is 16.8. The van der Waals surface area contributed by atoms with Gasteiger partial charge in [-0.25, -0.2) is 4.79 Å². The Bertz CT molecular complexity index is 648. The fraction of sp³-hybridized carbons (Fsp3) is 0.650. The van der Waals surface area contributed by atoms with Crippen LogP contribution in [0.15, 0.2) is 23.1 Å². The molecule has 146 valence electrons. The quantitative estimate of drug-likeness (QED) is 0.752. The van der Waals surface area contributed by atoms with Crippen LogP contribution in [-0.4, -0.2) is 27.8 Å². The summed E-state index contributed by atoms with van der Waals surface area (Å²) in [6, 6.07) is 5.64. The summed E-state index contributed by atoms with van der Waals surface area (Å²) in [5, 5.41) is 10.6. The van der Waals surface area contributed by atoms with Crippen LogP contribution < -0.4 is 5.73 Å². The number of primary amides is 1. The van der Waals surface area contributed by atoms with Gasteiger partial charge >= 0.3 is 6.09 Å². The first-order valence-corrected chi connectivity index (χ1v) is 10.6. The van der Waals surface area contributed by atoms with Crippen LogP contribution in [0, 0.1) is 5.92 Å². The van der Waals surface area contributed by atoms with Gasteiger partial charge in [-0.15, -0.1) is 0 Å². The number of carbonyl (C=O) groups is 1. The number of ether oxygens (including phenoxy) is 1. The van der Waals surface area contributed by atoms with Crippen molar-refractivity contribution in [2.75, 3.05) is 12.4 Å². The molecular formula is C20H31NO4S. The maximum absolute atomic E-state index is 13.1. The second kappa shape index (κ2) is 9.00. The van der Waals surface area contributed by atoms with Crippen molar-refractivity contribution in [1.82, 2.24) is 0 Å². The van der Waals surface area contributed by atoms with E-state index in [1.165, 1.54) is 12.8 Å². The molecule has 6 heteroatoms. The van der Waals surface area contributed by atoms with Gasteiger partial charge in [-0.2, -0.15) is 0 Å². The van der Waals surface area contributed by atoms with Crippen LogP contribution in [0.25, 0.3) is 0 Å². The Labute approximate surface area is 158 Å². The van der Waals surface area contributed by atoms with E-state index in [0.717, 1.165) is 28.9 Å². The molecule has 5 nitrogen and oxygen atoms in total. The minimum Gasteiger partial charge on any atom is -0.450 e. The molecule has 0 aliphatic heterocycles. The fourth-order valence-electron chi connectivity index (χ4n) is 3.73. The number of rotatable bonds is 7. The van der Waals surface area contributed by atoms with Gasteiger partial charge in [0.1, 0.15) is 0 Å². The molecule has 0 spiro atoms. The van der Waals surface area contributed by atoms with Crippen LogP contribution in [0.3, 0.4) is 0 Å². The van der Waals surface area contributed by atoms with E-state index in [9.17, 15) is 14.1 Å². The van der Waals surface area contributed by atoms with Crippen molar-refractivity contribution in [3.05, 3.63) is 29.3 Å². The Morgan fingerprint density at radius 2 is 2.00 bits per heavy atom. The number of benzene rings is 1. The van der Waals surface area contributed by atoms with Gasteiger partial charge in [-0.1, -0.05) is 45.7 Å². The van der Waals surface area contributed by atoms with Gasteiger partial charge in [0.25, 0.3) is 0 Å². The van der Waals surface area contributed by atoms with E-state index in [1.54, 1.807) is 0 Å². The van der Waals surface area contributed by atoms with E-state index >= 15 is 0 Å². The van der Waals surface area contributed by atoms with Crippen molar-refractivity contribution in [1.29, 1.82) is 0 Å². The molecule has 1 aliphatic rings. The van der Waals surface area contributed by atoms with E-state index in [-0.39, 0.29) is 18.4 Å². The number of aliphatic hydroxyl groups excluding tert-OH is 1. The third-order valence-electron chi connectivity index (χ3n) is 4.91. The zero-order valence-electron chi connectivity index (χ0n) is 16.0. The lowest BCUT2D eigenvalue weighted by Crippen LogP contribution is -2.22. The number of hydrogen-bond acceptors (Lipinski definition) is 4.